The highest BCUT2D eigenvalue weighted by molar-refractivity contribution is 5.74. The van der Waals surface area contributed by atoms with Gasteiger partial charge in [0.1, 0.15) is 5.75 Å². The number of aliphatic hydroxyl groups is 1. The molecule has 0 aromatic heterocycles. The molecule has 0 spiro atoms. The van der Waals surface area contributed by atoms with Gasteiger partial charge in [-0.15, -0.1) is 0 Å². The number of benzene rings is 1. The summed E-state index contributed by atoms with van der Waals surface area (Å²) in [6.45, 7) is 4.11. The molecule has 2 atom stereocenters. The Morgan fingerprint density at radius 2 is 1.85 bits per heavy atom. The van der Waals surface area contributed by atoms with Crippen LogP contribution in [0.15, 0.2) is 24.3 Å². The van der Waals surface area contributed by atoms with Crippen LogP contribution in [0.4, 0.5) is 4.79 Å². The molecule has 5 nitrogen and oxygen atoms in total. The summed E-state index contributed by atoms with van der Waals surface area (Å²) in [4.78, 5) is 11.6. The van der Waals surface area contributed by atoms with Gasteiger partial charge in [0.2, 0.25) is 0 Å². The molecule has 0 aliphatic heterocycles. The number of phenolic OH excluding ortho intramolecular Hbond substituents is 1. The molecule has 0 radical (unpaired) electrons. The molecule has 0 fully saturated rings. The zero-order valence-corrected chi connectivity index (χ0v) is 12.1. The first-order valence-corrected chi connectivity index (χ1v) is 6.97. The van der Waals surface area contributed by atoms with Crippen LogP contribution in [0.25, 0.3) is 0 Å². The number of aromatic hydroxyl groups is 1. The third-order valence-corrected chi connectivity index (χ3v) is 3.03. The monoisotopic (exact) mass is 280 g/mol. The highest BCUT2D eigenvalue weighted by atomic mass is 16.3. The number of carbonyl (C=O) groups is 1. The van der Waals surface area contributed by atoms with Gasteiger partial charge in [0.15, 0.2) is 0 Å². The number of aliphatic hydroxyl groups excluding tert-OH is 1. The quantitative estimate of drug-likeness (QED) is 0.614. The van der Waals surface area contributed by atoms with E-state index in [0.717, 1.165) is 18.4 Å². The summed E-state index contributed by atoms with van der Waals surface area (Å²) in [5, 5.41) is 23.8. The van der Waals surface area contributed by atoms with Crippen LogP contribution in [0.2, 0.25) is 0 Å². The van der Waals surface area contributed by atoms with E-state index in [1.165, 1.54) is 0 Å². The fourth-order valence-electron chi connectivity index (χ4n) is 1.79. The summed E-state index contributed by atoms with van der Waals surface area (Å²) in [6.07, 6.45) is 1.82. The van der Waals surface area contributed by atoms with E-state index in [4.69, 9.17) is 5.11 Å². The first-order chi connectivity index (χ1) is 9.47. The molecule has 0 heterocycles. The maximum Gasteiger partial charge on any atom is 0.314 e. The van der Waals surface area contributed by atoms with E-state index in [-0.39, 0.29) is 17.8 Å². The summed E-state index contributed by atoms with van der Waals surface area (Å²) in [7, 11) is 0. The molecular formula is C15H24N2O3. The van der Waals surface area contributed by atoms with Gasteiger partial charge in [0.25, 0.3) is 0 Å². The number of hydrogen-bond acceptors (Lipinski definition) is 3. The number of urea groups is 1. The Hall–Kier alpha value is -1.75. The second kappa shape index (κ2) is 8.43. The van der Waals surface area contributed by atoms with Crippen molar-refractivity contribution in [1.29, 1.82) is 0 Å². The van der Waals surface area contributed by atoms with Crippen LogP contribution in [0.5, 0.6) is 5.75 Å². The summed E-state index contributed by atoms with van der Waals surface area (Å²) >= 11 is 0. The zero-order valence-electron chi connectivity index (χ0n) is 12.1. The Morgan fingerprint density at radius 3 is 2.45 bits per heavy atom. The molecule has 2 unspecified atom stereocenters. The molecule has 1 rings (SSSR count). The summed E-state index contributed by atoms with van der Waals surface area (Å²) < 4.78 is 0. The van der Waals surface area contributed by atoms with Crippen molar-refractivity contribution in [2.24, 2.45) is 0 Å². The minimum absolute atomic E-state index is 0.0651. The van der Waals surface area contributed by atoms with Crippen LogP contribution >= 0.6 is 0 Å². The fourth-order valence-corrected chi connectivity index (χ4v) is 1.79. The Morgan fingerprint density at radius 1 is 1.20 bits per heavy atom. The van der Waals surface area contributed by atoms with E-state index in [9.17, 15) is 9.90 Å². The zero-order chi connectivity index (χ0) is 15.0. The maximum atomic E-state index is 11.6. The fraction of sp³-hybridized carbons (Fsp3) is 0.533. The number of nitrogens with one attached hydrogen (secondary N) is 2. The Bertz CT molecular complexity index is 404. The molecule has 1 aromatic carbocycles. The second-order valence-electron chi connectivity index (χ2n) is 5.14. The van der Waals surface area contributed by atoms with Crippen LogP contribution < -0.4 is 10.6 Å². The lowest BCUT2D eigenvalue weighted by Gasteiger charge is -2.15. The van der Waals surface area contributed by atoms with Gasteiger partial charge in [-0.25, -0.2) is 4.79 Å². The van der Waals surface area contributed by atoms with E-state index in [0.29, 0.717) is 13.0 Å². The third kappa shape index (κ3) is 6.99. The predicted octanol–water partition coefficient (Wildman–Crippen LogP) is 1.78. The number of aryl methyl sites for hydroxylation is 1. The number of rotatable bonds is 7. The molecule has 5 heteroatoms. The van der Waals surface area contributed by atoms with Crippen LogP contribution in [0, 0.1) is 0 Å². The van der Waals surface area contributed by atoms with Gasteiger partial charge < -0.3 is 20.8 Å². The third-order valence-electron chi connectivity index (χ3n) is 3.03. The first-order valence-electron chi connectivity index (χ1n) is 6.97. The van der Waals surface area contributed by atoms with E-state index in [2.05, 4.69) is 10.6 Å². The molecule has 0 bridgehead atoms. The second-order valence-corrected chi connectivity index (χ2v) is 5.14. The highest BCUT2D eigenvalue weighted by Gasteiger charge is 2.07. The largest absolute Gasteiger partial charge is 0.508 e. The lowest BCUT2D eigenvalue weighted by atomic mass is 10.1. The van der Waals surface area contributed by atoms with Gasteiger partial charge in [-0.2, -0.15) is 0 Å². The van der Waals surface area contributed by atoms with E-state index in [1.54, 1.807) is 19.1 Å². The van der Waals surface area contributed by atoms with Crippen molar-refractivity contribution in [3.63, 3.8) is 0 Å². The molecule has 1 aromatic rings. The SMILES string of the molecule is CC(O)CCNC(=O)NC(C)CCc1ccc(O)cc1. The maximum absolute atomic E-state index is 11.6. The van der Waals surface area contributed by atoms with E-state index >= 15 is 0 Å². The minimum Gasteiger partial charge on any atom is -0.508 e. The van der Waals surface area contributed by atoms with Crippen molar-refractivity contribution >= 4 is 6.03 Å². The van der Waals surface area contributed by atoms with Crippen molar-refractivity contribution in [1.82, 2.24) is 10.6 Å². The van der Waals surface area contributed by atoms with Crippen LogP contribution in [0.1, 0.15) is 32.3 Å². The Kier molecular flexibility index (Phi) is 6.87. The normalized spacial score (nSPS) is 13.6. The molecule has 0 aliphatic carbocycles. The topological polar surface area (TPSA) is 81.6 Å². The minimum atomic E-state index is -0.401. The number of phenols is 1. The van der Waals surface area contributed by atoms with Crippen LogP contribution in [-0.4, -0.2) is 34.9 Å². The lowest BCUT2D eigenvalue weighted by molar-refractivity contribution is 0.183. The predicted molar refractivity (Wildman–Crippen MR) is 78.7 cm³/mol. The van der Waals surface area contributed by atoms with Crippen molar-refractivity contribution in [3.05, 3.63) is 29.8 Å². The van der Waals surface area contributed by atoms with Crippen molar-refractivity contribution < 1.29 is 15.0 Å². The van der Waals surface area contributed by atoms with Gasteiger partial charge in [0, 0.05) is 12.6 Å². The van der Waals surface area contributed by atoms with Gasteiger partial charge in [-0.3, -0.25) is 0 Å². The van der Waals surface area contributed by atoms with E-state index < -0.39 is 6.10 Å². The van der Waals surface area contributed by atoms with Gasteiger partial charge in [-0.1, -0.05) is 12.1 Å². The first kappa shape index (κ1) is 16.3. The van der Waals surface area contributed by atoms with Crippen molar-refractivity contribution in [3.8, 4) is 5.75 Å². The van der Waals surface area contributed by atoms with Crippen molar-refractivity contribution in [2.75, 3.05) is 6.54 Å². The number of hydrogen-bond donors (Lipinski definition) is 4. The van der Waals surface area contributed by atoms with E-state index in [1.807, 2.05) is 19.1 Å². The molecular weight excluding hydrogens is 256 g/mol. The summed E-state index contributed by atoms with van der Waals surface area (Å²) in [6, 6.07) is 6.95. The average Bonchev–Trinajstić information content (AvgIpc) is 2.37. The highest BCUT2D eigenvalue weighted by Crippen LogP contribution is 2.11. The molecule has 4 N–H and O–H groups in total. The van der Waals surface area contributed by atoms with Crippen LogP contribution in [-0.2, 0) is 6.42 Å². The molecule has 0 saturated heterocycles. The van der Waals surface area contributed by atoms with Gasteiger partial charge >= 0.3 is 6.03 Å². The van der Waals surface area contributed by atoms with Gasteiger partial charge in [0.05, 0.1) is 6.10 Å². The Labute approximate surface area is 120 Å². The summed E-state index contributed by atoms with van der Waals surface area (Å²) in [5.41, 5.74) is 1.13. The smallest absolute Gasteiger partial charge is 0.314 e. The Balaban J connectivity index is 2.20. The molecule has 2 amide bonds. The summed E-state index contributed by atoms with van der Waals surface area (Å²) in [5.74, 6) is 0.261. The average molecular weight is 280 g/mol. The van der Waals surface area contributed by atoms with Gasteiger partial charge in [-0.05, 0) is 50.8 Å². The molecule has 20 heavy (non-hydrogen) atoms. The number of amides is 2. The molecule has 0 aliphatic rings. The van der Waals surface area contributed by atoms with Crippen molar-refractivity contribution in [2.45, 2.75) is 45.3 Å². The number of carbonyl (C=O) groups excluding carboxylic acids is 1. The molecule has 0 saturated carbocycles. The standard InChI is InChI=1S/C15H24N2O3/c1-11(17-15(20)16-10-9-12(2)18)3-4-13-5-7-14(19)8-6-13/h5-8,11-12,18-19H,3-4,9-10H2,1-2H3,(H2,16,17,20). The van der Waals surface area contributed by atoms with Crippen LogP contribution in [0.3, 0.4) is 0 Å². The lowest BCUT2D eigenvalue weighted by Crippen LogP contribution is -2.41. The molecule has 112 valence electrons.